The van der Waals surface area contributed by atoms with E-state index in [2.05, 4.69) is 24.5 Å². The number of hydrogen-bond acceptors (Lipinski definition) is 3. The van der Waals surface area contributed by atoms with Crippen LogP contribution in [0.3, 0.4) is 0 Å². The average molecular weight is 405 g/mol. The molecule has 3 heteroatoms. The van der Waals surface area contributed by atoms with Crippen LogP contribution in [0.1, 0.15) is 117 Å². The Morgan fingerprint density at radius 2 is 0.793 bits per heavy atom. The van der Waals surface area contributed by atoms with E-state index in [4.69, 9.17) is 4.74 Å². The lowest BCUT2D eigenvalue weighted by molar-refractivity contribution is -0.0793. The van der Waals surface area contributed by atoms with Crippen LogP contribution in [0, 0.1) is 11.8 Å². The van der Waals surface area contributed by atoms with E-state index in [-0.39, 0.29) is 0 Å². The molecule has 0 bridgehead atoms. The van der Waals surface area contributed by atoms with E-state index in [9.17, 15) is 0 Å². The number of hydrogen-bond donors (Lipinski definition) is 2. The van der Waals surface area contributed by atoms with Crippen LogP contribution in [0.25, 0.3) is 0 Å². The zero-order valence-corrected chi connectivity index (χ0v) is 19.3. The van der Waals surface area contributed by atoms with E-state index in [1.54, 1.807) is 0 Å². The molecule has 8 atom stereocenters. The molecule has 4 saturated carbocycles. The molecule has 0 aromatic carbocycles. The van der Waals surface area contributed by atoms with Gasteiger partial charge in [-0.25, -0.2) is 0 Å². The van der Waals surface area contributed by atoms with E-state index in [0.29, 0.717) is 24.3 Å². The maximum Gasteiger partial charge on any atom is 0.0732 e. The Kier molecular flexibility index (Phi) is 8.34. The van der Waals surface area contributed by atoms with Crippen LogP contribution in [0.5, 0.6) is 0 Å². The molecule has 8 unspecified atom stereocenters. The summed E-state index contributed by atoms with van der Waals surface area (Å²) in [6.07, 6.45) is 22.8. The summed E-state index contributed by atoms with van der Waals surface area (Å²) in [5.41, 5.74) is 0. The molecule has 0 spiro atoms. The summed E-state index contributed by atoms with van der Waals surface area (Å²) in [6.45, 7) is 4.92. The van der Waals surface area contributed by atoms with Crippen molar-refractivity contribution in [1.29, 1.82) is 0 Å². The first kappa shape index (κ1) is 22.1. The quantitative estimate of drug-likeness (QED) is 0.573. The standard InChI is InChI=1S/C26H48N2O/c1-19-11-3-5-13-21(19)27-23-15-7-9-17-25(23)29-26-18-10-8-16-24(26)28-22-14-6-4-12-20(22)2/h19-28H,3-18H2,1-2H3. The van der Waals surface area contributed by atoms with Gasteiger partial charge in [-0.2, -0.15) is 0 Å². The van der Waals surface area contributed by atoms with E-state index in [1.165, 1.54) is 103 Å². The summed E-state index contributed by atoms with van der Waals surface area (Å²) in [7, 11) is 0. The van der Waals surface area contributed by atoms with Gasteiger partial charge < -0.3 is 15.4 Å². The Labute approximate surface area is 180 Å². The van der Waals surface area contributed by atoms with Crippen LogP contribution >= 0.6 is 0 Å². The van der Waals surface area contributed by atoms with Gasteiger partial charge in [0.2, 0.25) is 0 Å². The third kappa shape index (κ3) is 5.98. The van der Waals surface area contributed by atoms with Gasteiger partial charge in [-0.3, -0.25) is 0 Å². The monoisotopic (exact) mass is 404 g/mol. The summed E-state index contributed by atoms with van der Waals surface area (Å²) in [5.74, 6) is 1.67. The molecular weight excluding hydrogens is 356 g/mol. The lowest BCUT2D eigenvalue weighted by Gasteiger charge is -2.43. The van der Waals surface area contributed by atoms with Gasteiger partial charge in [-0.05, 0) is 63.2 Å². The smallest absolute Gasteiger partial charge is 0.0732 e. The van der Waals surface area contributed by atoms with Crippen molar-refractivity contribution in [3.8, 4) is 0 Å². The summed E-state index contributed by atoms with van der Waals surface area (Å²) >= 11 is 0. The minimum atomic E-state index is 0.439. The molecule has 4 aliphatic rings. The fraction of sp³-hybridized carbons (Fsp3) is 1.00. The van der Waals surface area contributed by atoms with E-state index in [0.717, 1.165) is 23.9 Å². The third-order valence-corrected chi connectivity index (χ3v) is 8.83. The van der Waals surface area contributed by atoms with Gasteiger partial charge in [0.25, 0.3) is 0 Å². The summed E-state index contributed by atoms with van der Waals surface area (Å²) in [5, 5.41) is 8.21. The Balaban J connectivity index is 1.35. The molecule has 0 aromatic rings. The van der Waals surface area contributed by atoms with Crippen LogP contribution < -0.4 is 10.6 Å². The zero-order chi connectivity index (χ0) is 20.1. The van der Waals surface area contributed by atoms with Gasteiger partial charge in [-0.15, -0.1) is 0 Å². The van der Waals surface area contributed by atoms with Gasteiger partial charge in [0.15, 0.2) is 0 Å². The van der Waals surface area contributed by atoms with Crippen LogP contribution in [0.2, 0.25) is 0 Å². The maximum atomic E-state index is 6.99. The largest absolute Gasteiger partial charge is 0.372 e. The molecule has 2 N–H and O–H groups in total. The Morgan fingerprint density at radius 3 is 1.21 bits per heavy atom. The van der Waals surface area contributed by atoms with Crippen molar-refractivity contribution < 1.29 is 4.74 Å². The normalized spacial score (nSPS) is 44.5. The highest BCUT2D eigenvalue weighted by atomic mass is 16.5. The fourth-order valence-electron chi connectivity index (χ4n) is 6.80. The first-order valence-corrected chi connectivity index (χ1v) is 13.4. The first-order chi connectivity index (χ1) is 14.2. The molecule has 29 heavy (non-hydrogen) atoms. The second-order valence-electron chi connectivity index (χ2n) is 11.1. The lowest BCUT2D eigenvalue weighted by atomic mass is 9.83. The van der Waals surface area contributed by atoms with E-state index in [1.807, 2.05) is 0 Å². The molecule has 0 amide bonds. The molecule has 0 aromatic heterocycles. The second kappa shape index (κ2) is 11.0. The average Bonchev–Trinajstić information content (AvgIpc) is 2.74. The molecule has 4 aliphatic carbocycles. The molecule has 4 fully saturated rings. The maximum absolute atomic E-state index is 6.99. The minimum Gasteiger partial charge on any atom is -0.372 e. The minimum absolute atomic E-state index is 0.439. The SMILES string of the molecule is CC1CCCCC1NC1CCCCC1OC1CCCCC1NC1CCCCC1C. The Morgan fingerprint density at radius 1 is 0.448 bits per heavy atom. The van der Waals surface area contributed by atoms with Crippen LogP contribution in [-0.4, -0.2) is 36.4 Å². The van der Waals surface area contributed by atoms with Crippen molar-refractivity contribution in [1.82, 2.24) is 10.6 Å². The van der Waals surface area contributed by atoms with Gasteiger partial charge in [-0.1, -0.05) is 65.2 Å². The third-order valence-electron chi connectivity index (χ3n) is 8.83. The van der Waals surface area contributed by atoms with E-state index < -0.39 is 0 Å². The summed E-state index contributed by atoms with van der Waals surface area (Å²) < 4.78 is 6.99. The van der Waals surface area contributed by atoms with Crippen molar-refractivity contribution in [3.63, 3.8) is 0 Å². The number of nitrogens with one attached hydrogen (secondary N) is 2. The predicted molar refractivity (Wildman–Crippen MR) is 122 cm³/mol. The highest BCUT2D eigenvalue weighted by Crippen LogP contribution is 2.32. The first-order valence-electron chi connectivity index (χ1n) is 13.4. The van der Waals surface area contributed by atoms with Gasteiger partial charge in [0, 0.05) is 24.2 Å². The van der Waals surface area contributed by atoms with Gasteiger partial charge >= 0.3 is 0 Å². The highest BCUT2D eigenvalue weighted by Gasteiger charge is 2.36. The van der Waals surface area contributed by atoms with Crippen LogP contribution in [0.4, 0.5) is 0 Å². The zero-order valence-electron chi connectivity index (χ0n) is 19.3. The second-order valence-corrected chi connectivity index (χ2v) is 11.1. The molecule has 3 nitrogen and oxygen atoms in total. The van der Waals surface area contributed by atoms with Crippen molar-refractivity contribution >= 4 is 0 Å². The Hall–Kier alpha value is -0.120. The predicted octanol–water partition coefficient (Wildman–Crippen LogP) is 5.96. The molecule has 0 saturated heterocycles. The molecule has 0 radical (unpaired) electrons. The number of rotatable bonds is 6. The van der Waals surface area contributed by atoms with Crippen molar-refractivity contribution in [2.24, 2.45) is 11.8 Å². The van der Waals surface area contributed by atoms with Crippen molar-refractivity contribution in [2.75, 3.05) is 0 Å². The van der Waals surface area contributed by atoms with Crippen LogP contribution in [-0.2, 0) is 4.74 Å². The van der Waals surface area contributed by atoms with Gasteiger partial charge in [0.1, 0.15) is 0 Å². The number of ether oxygens (including phenoxy) is 1. The highest BCUT2D eigenvalue weighted by molar-refractivity contribution is 4.92. The van der Waals surface area contributed by atoms with Crippen molar-refractivity contribution in [2.45, 2.75) is 153 Å². The van der Waals surface area contributed by atoms with Crippen LogP contribution in [0.15, 0.2) is 0 Å². The summed E-state index contributed by atoms with van der Waals surface area (Å²) in [4.78, 5) is 0. The molecule has 4 rings (SSSR count). The van der Waals surface area contributed by atoms with Crippen molar-refractivity contribution in [3.05, 3.63) is 0 Å². The Bertz CT molecular complexity index is 441. The van der Waals surface area contributed by atoms with Gasteiger partial charge in [0.05, 0.1) is 12.2 Å². The lowest BCUT2D eigenvalue weighted by Crippen LogP contribution is -2.55. The topological polar surface area (TPSA) is 33.3 Å². The fourth-order valence-corrected chi connectivity index (χ4v) is 6.80. The van der Waals surface area contributed by atoms with E-state index >= 15 is 0 Å². The molecule has 168 valence electrons. The molecular formula is C26H48N2O. The molecule has 0 heterocycles. The summed E-state index contributed by atoms with van der Waals surface area (Å²) in [6, 6.07) is 2.62. The molecule has 0 aliphatic heterocycles.